The molecule has 3 atom stereocenters. The average Bonchev–Trinajstić information content (AvgIpc) is 2.35. The maximum Gasteiger partial charge on any atom is 0.250 e. The van der Waals surface area contributed by atoms with Crippen LogP contribution >= 0.6 is 0 Å². The summed E-state index contributed by atoms with van der Waals surface area (Å²) in [5, 5.41) is 21.7. The summed E-state index contributed by atoms with van der Waals surface area (Å²) in [6.07, 6.45) is -1.38. The van der Waals surface area contributed by atoms with Crippen molar-refractivity contribution in [2.24, 2.45) is 5.92 Å². The summed E-state index contributed by atoms with van der Waals surface area (Å²) in [7, 11) is 0. The van der Waals surface area contributed by atoms with Gasteiger partial charge < -0.3 is 15.5 Å². The normalized spacial score (nSPS) is 27.7. The molecule has 1 fully saturated rings. The first-order chi connectivity index (χ1) is 8.56. The Morgan fingerprint density at radius 2 is 2.11 bits per heavy atom. The third-order valence-electron chi connectivity index (χ3n) is 3.50. The van der Waals surface area contributed by atoms with E-state index in [1.165, 1.54) is 0 Å². The summed E-state index contributed by atoms with van der Waals surface area (Å²) in [6.45, 7) is 3.56. The summed E-state index contributed by atoms with van der Waals surface area (Å²) >= 11 is 0. The van der Waals surface area contributed by atoms with Gasteiger partial charge in [-0.05, 0) is 18.8 Å². The highest BCUT2D eigenvalue weighted by molar-refractivity contribution is 4.86. The molecule has 1 saturated heterocycles. The predicted molar refractivity (Wildman–Crippen MR) is 65.7 cm³/mol. The van der Waals surface area contributed by atoms with Crippen LogP contribution in [0, 0.1) is 5.92 Å². The van der Waals surface area contributed by atoms with E-state index in [9.17, 15) is 13.9 Å². The van der Waals surface area contributed by atoms with Gasteiger partial charge in [0.25, 0.3) is 6.43 Å². The van der Waals surface area contributed by atoms with Gasteiger partial charge in [-0.1, -0.05) is 6.92 Å². The van der Waals surface area contributed by atoms with Crippen LogP contribution in [0.3, 0.4) is 0 Å². The molecule has 1 rings (SSSR count). The van der Waals surface area contributed by atoms with Crippen LogP contribution in [0.25, 0.3) is 0 Å². The lowest BCUT2D eigenvalue weighted by molar-refractivity contribution is 0.0265. The number of piperidine rings is 1. The van der Waals surface area contributed by atoms with Crippen LogP contribution in [0.1, 0.15) is 19.8 Å². The molecule has 0 radical (unpaired) electrons. The fourth-order valence-electron chi connectivity index (χ4n) is 2.57. The average molecular weight is 266 g/mol. The second-order valence-electron chi connectivity index (χ2n) is 4.95. The van der Waals surface area contributed by atoms with Crippen molar-refractivity contribution < 1.29 is 19.0 Å². The molecular formula is C12H24F2N2O2. The molecule has 0 aromatic heterocycles. The van der Waals surface area contributed by atoms with Crippen LogP contribution in [0.2, 0.25) is 0 Å². The van der Waals surface area contributed by atoms with Gasteiger partial charge in [0.05, 0.1) is 19.3 Å². The highest BCUT2D eigenvalue weighted by Crippen LogP contribution is 2.21. The van der Waals surface area contributed by atoms with Crippen molar-refractivity contribution in [3.63, 3.8) is 0 Å². The Labute approximate surface area is 107 Å². The van der Waals surface area contributed by atoms with Crippen molar-refractivity contribution in [1.82, 2.24) is 10.2 Å². The zero-order chi connectivity index (χ0) is 13.5. The van der Waals surface area contributed by atoms with Gasteiger partial charge in [0.2, 0.25) is 0 Å². The molecule has 1 aliphatic rings. The molecule has 0 amide bonds. The van der Waals surface area contributed by atoms with Crippen LogP contribution in [0.5, 0.6) is 0 Å². The van der Waals surface area contributed by atoms with Crippen LogP contribution in [0.4, 0.5) is 8.78 Å². The zero-order valence-electron chi connectivity index (χ0n) is 10.9. The first-order valence-electron chi connectivity index (χ1n) is 6.59. The molecule has 3 N–H and O–H groups in total. The van der Waals surface area contributed by atoms with Gasteiger partial charge in [-0.15, -0.1) is 0 Å². The third-order valence-corrected chi connectivity index (χ3v) is 3.50. The topological polar surface area (TPSA) is 55.7 Å². The molecule has 1 aliphatic heterocycles. The molecule has 1 heterocycles. The summed E-state index contributed by atoms with van der Waals surface area (Å²) in [4.78, 5) is 2.02. The van der Waals surface area contributed by atoms with Crippen molar-refractivity contribution in [3.05, 3.63) is 0 Å². The van der Waals surface area contributed by atoms with E-state index in [2.05, 4.69) is 5.32 Å². The largest absolute Gasteiger partial charge is 0.395 e. The Hall–Kier alpha value is -0.300. The number of likely N-dealkylation sites (tertiary alicyclic amines) is 1. The number of aliphatic hydroxyl groups is 2. The number of halogens is 2. The number of nitrogens with zero attached hydrogens (tertiary/aromatic N) is 1. The molecule has 4 nitrogen and oxygen atoms in total. The molecule has 6 heteroatoms. The van der Waals surface area contributed by atoms with E-state index in [0.717, 1.165) is 6.54 Å². The number of β-amino-alcohol motifs (C(OH)–C–C–N with tert-alkyl or cyclic N) is 1. The van der Waals surface area contributed by atoms with Crippen LogP contribution in [-0.4, -0.2) is 66.5 Å². The van der Waals surface area contributed by atoms with Crippen molar-refractivity contribution in [2.45, 2.75) is 38.3 Å². The highest BCUT2D eigenvalue weighted by Gasteiger charge is 2.30. The summed E-state index contributed by atoms with van der Waals surface area (Å²) < 4.78 is 24.4. The monoisotopic (exact) mass is 266 g/mol. The number of rotatable bonds is 7. The molecule has 18 heavy (non-hydrogen) atoms. The van der Waals surface area contributed by atoms with Gasteiger partial charge in [0.1, 0.15) is 0 Å². The lowest BCUT2D eigenvalue weighted by Gasteiger charge is -2.39. The van der Waals surface area contributed by atoms with Crippen LogP contribution in [-0.2, 0) is 0 Å². The van der Waals surface area contributed by atoms with E-state index < -0.39 is 12.5 Å². The molecule has 0 aliphatic carbocycles. The lowest BCUT2D eigenvalue weighted by atomic mass is 9.88. The molecule has 0 saturated carbocycles. The quantitative estimate of drug-likeness (QED) is 0.620. The standard InChI is InChI=1S/C12H24F2N2O2/c1-2-11(18)9-5-10(15-6-12(13)14)8-16(7-9)3-4-17/h9-12,15,17-18H,2-8H2,1H3. The predicted octanol–water partition coefficient (Wildman–Crippen LogP) is 0.295. The van der Waals surface area contributed by atoms with E-state index in [1.807, 2.05) is 11.8 Å². The Morgan fingerprint density at radius 1 is 1.39 bits per heavy atom. The first-order valence-corrected chi connectivity index (χ1v) is 6.59. The minimum atomic E-state index is -2.35. The van der Waals surface area contributed by atoms with Crippen LogP contribution < -0.4 is 5.32 Å². The van der Waals surface area contributed by atoms with Gasteiger partial charge in [0.15, 0.2) is 0 Å². The first kappa shape index (κ1) is 15.8. The second kappa shape index (κ2) is 7.99. The van der Waals surface area contributed by atoms with E-state index in [1.54, 1.807) is 0 Å². The van der Waals surface area contributed by atoms with Gasteiger partial charge >= 0.3 is 0 Å². The SMILES string of the molecule is CCC(O)C1CC(NCC(F)F)CN(CCO)C1. The smallest absolute Gasteiger partial charge is 0.250 e. The minimum Gasteiger partial charge on any atom is -0.395 e. The summed E-state index contributed by atoms with van der Waals surface area (Å²) in [5.74, 6) is 0.0884. The lowest BCUT2D eigenvalue weighted by Crippen LogP contribution is -2.52. The van der Waals surface area contributed by atoms with E-state index in [4.69, 9.17) is 5.11 Å². The number of hydrogen-bond donors (Lipinski definition) is 3. The van der Waals surface area contributed by atoms with Gasteiger partial charge in [-0.25, -0.2) is 8.78 Å². The molecule has 0 aromatic rings. The van der Waals surface area contributed by atoms with E-state index in [-0.39, 0.29) is 25.1 Å². The van der Waals surface area contributed by atoms with Crippen molar-refractivity contribution >= 4 is 0 Å². The number of alkyl halides is 2. The molecular weight excluding hydrogens is 242 g/mol. The summed E-state index contributed by atoms with van der Waals surface area (Å²) in [5.41, 5.74) is 0. The van der Waals surface area contributed by atoms with Gasteiger partial charge in [0, 0.05) is 25.7 Å². The minimum absolute atomic E-state index is 0.0366. The Bertz CT molecular complexity index is 232. The maximum absolute atomic E-state index is 12.2. The molecule has 0 bridgehead atoms. The number of hydrogen-bond acceptors (Lipinski definition) is 4. The Morgan fingerprint density at radius 3 is 2.67 bits per heavy atom. The fourth-order valence-corrected chi connectivity index (χ4v) is 2.57. The highest BCUT2D eigenvalue weighted by atomic mass is 19.3. The van der Waals surface area contributed by atoms with E-state index in [0.29, 0.717) is 25.9 Å². The third kappa shape index (κ3) is 5.14. The second-order valence-corrected chi connectivity index (χ2v) is 4.95. The molecule has 0 aromatic carbocycles. The van der Waals surface area contributed by atoms with Gasteiger partial charge in [-0.2, -0.15) is 0 Å². The Kier molecular flexibility index (Phi) is 6.99. The zero-order valence-corrected chi connectivity index (χ0v) is 10.9. The number of aliphatic hydroxyl groups excluding tert-OH is 2. The van der Waals surface area contributed by atoms with Crippen LogP contribution in [0.15, 0.2) is 0 Å². The van der Waals surface area contributed by atoms with Gasteiger partial charge in [-0.3, -0.25) is 4.90 Å². The maximum atomic E-state index is 12.2. The molecule has 0 spiro atoms. The van der Waals surface area contributed by atoms with Crippen molar-refractivity contribution in [2.75, 3.05) is 32.8 Å². The number of nitrogens with one attached hydrogen (secondary N) is 1. The summed E-state index contributed by atoms with van der Waals surface area (Å²) in [6, 6.07) is -0.0366. The van der Waals surface area contributed by atoms with Crippen molar-refractivity contribution in [3.8, 4) is 0 Å². The molecule has 108 valence electrons. The molecule has 3 unspecified atom stereocenters. The Balaban J connectivity index is 2.50. The van der Waals surface area contributed by atoms with E-state index >= 15 is 0 Å². The fraction of sp³-hybridized carbons (Fsp3) is 1.00. The van der Waals surface area contributed by atoms with Crippen molar-refractivity contribution in [1.29, 1.82) is 0 Å².